The van der Waals surface area contributed by atoms with Gasteiger partial charge >= 0.3 is 0 Å². The van der Waals surface area contributed by atoms with Gasteiger partial charge in [-0.25, -0.2) is 0 Å². The van der Waals surface area contributed by atoms with Crippen LogP contribution in [0.4, 0.5) is 0 Å². The van der Waals surface area contributed by atoms with Gasteiger partial charge in [0.05, 0.1) is 6.20 Å². The first-order valence-corrected chi connectivity index (χ1v) is 8.11. The monoisotopic (exact) mass is 319 g/mol. The van der Waals surface area contributed by atoms with E-state index in [0.29, 0.717) is 0 Å². The molecule has 1 unspecified atom stereocenters. The van der Waals surface area contributed by atoms with Crippen molar-refractivity contribution >= 4 is 12.4 Å². The van der Waals surface area contributed by atoms with Gasteiger partial charge < -0.3 is 5.73 Å². The van der Waals surface area contributed by atoms with E-state index in [9.17, 15) is 0 Å². The van der Waals surface area contributed by atoms with Crippen LogP contribution < -0.4 is 5.73 Å². The van der Waals surface area contributed by atoms with E-state index in [2.05, 4.69) is 40.2 Å². The normalized spacial score (nSPS) is 17.0. The van der Waals surface area contributed by atoms with E-state index in [1.165, 1.54) is 48.8 Å². The second-order valence-corrected chi connectivity index (χ2v) is 6.37. The minimum atomic E-state index is 0. The van der Waals surface area contributed by atoms with Gasteiger partial charge in [0.1, 0.15) is 0 Å². The van der Waals surface area contributed by atoms with Crippen LogP contribution in [0.25, 0.3) is 11.1 Å². The van der Waals surface area contributed by atoms with Crippen molar-refractivity contribution in [2.75, 3.05) is 0 Å². The van der Waals surface area contributed by atoms with Gasteiger partial charge in [0.2, 0.25) is 0 Å². The molecule has 22 heavy (non-hydrogen) atoms. The van der Waals surface area contributed by atoms with Gasteiger partial charge in [0, 0.05) is 24.3 Å². The predicted octanol–water partition coefficient (Wildman–Crippen LogP) is 4.57. The third-order valence-corrected chi connectivity index (χ3v) is 4.57. The Morgan fingerprint density at radius 2 is 1.82 bits per heavy atom. The van der Waals surface area contributed by atoms with Crippen LogP contribution in [0.1, 0.15) is 50.6 Å². The van der Waals surface area contributed by atoms with Crippen molar-refractivity contribution in [2.24, 2.45) is 11.7 Å². The van der Waals surface area contributed by atoms with Gasteiger partial charge in [-0.2, -0.15) is 5.10 Å². The lowest BCUT2D eigenvalue weighted by Gasteiger charge is -2.21. The Balaban J connectivity index is 0.00000176. The molecule has 1 aromatic carbocycles. The van der Waals surface area contributed by atoms with Gasteiger partial charge in [-0.05, 0) is 36.8 Å². The smallest absolute Gasteiger partial charge is 0.0568 e. The van der Waals surface area contributed by atoms with Crippen molar-refractivity contribution in [3.8, 4) is 11.1 Å². The van der Waals surface area contributed by atoms with E-state index < -0.39 is 0 Å². The van der Waals surface area contributed by atoms with E-state index in [0.717, 1.165) is 12.5 Å². The topological polar surface area (TPSA) is 43.8 Å². The number of nitrogens with zero attached hydrogens (tertiary/aromatic N) is 2. The van der Waals surface area contributed by atoms with Crippen LogP contribution in [-0.2, 0) is 6.54 Å². The van der Waals surface area contributed by atoms with Crippen LogP contribution in [0, 0.1) is 5.92 Å². The van der Waals surface area contributed by atoms with Crippen molar-refractivity contribution in [1.82, 2.24) is 9.78 Å². The van der Waals surface area contributed by atoms with Crippen LogP contribution >= 0.6 is 12.4 Å². The van der Waals surface area contributed by atoms with Gasteiger partial charge in [-0.3, -0.25) is 4.68 Å². The van der Waals surface area contributed by atoms with Crippen LogP contribution in [0.5, 0.6) is 0 Å². The molecule has 0 spiro atoms. The van der Waals surface area contributed by atoms with Crippen LogP contribution in [0.2, 0.25) is 0 Å². The summed E-state index contributed by atoms with van der Waals surface area (Å²) in [5, 5.41) is 4.54. The summed E-state index contributed by atoms with van der Waals surface area (Å²) in [6.07, 6.45) is 11.1. The molecule has 4 heteroatoms. The Bertz CT molecular complexity index is 568. The average Bonchev–Trinajstić information content (AvgIpc) is 2.97. The number of benzene rings is 1. The molecule has 0 bridgehead atoms. The van der Waals surface area contributed by atoms with Gasteiger partial charge in [0.25, 0.3) is 0 Å². The maximum atomic E-state index is 5.89. The molecule has 1 aromatic heterocycles. The molecule has 1 aliphatic carbocycles. The van der Waals surface area contributed by atoms with E-state index >= 15 is 0 Å². The van der Waals surface area contributed by atoms with Crippen LogP contribution in [-0.4, -0.2) is 9.78 Å². The molecule has 1 heterocycles. The predicted molar refractivity (Wildman–Crippen MR) is 94.1 cm³/mol. The lowest BCUT2D eigenvalue weighted by atomic mass is 9.89. The fourth-order valence-electron chi connectivity index (χ4n) is 3.23. The van der Waals surface area contributed by atoms with Gasteiger partial charge in [-0.15, -0.1) is 12.4 Å². The summed E-state index contributed by atoms with van der Waals surface area (Å²) in [6, 6.07) is 8.59. The largest absolute Gasteiger partial charge is 0.324 e. The van der Waals surface area contributed by atoms with Crippen LogP contribution in [0.15, 0.2) is 36.7 Å². The third kappa shape index (κ3) is 4.11. The fourth-order valence-corrected chi connectivity index (χ4v) is 3.23. The molecular weight excluding hydrogens is 294 g/mol. The minimum absolute atomic E-state index is 0. The van der Waals surface area contributed by atoms with Gasteiger partial charge in [0.15, 0.2) is 0 Å². The molecule has 0 amide bonds. The molecule has 2 aromatic rings. The highest BCUT2D eigenvalue weighted by Gasteiger charge is 2.14. The van der Waals surface area contributed by atoms with E-state index in [-0.39, 0.29) is 18.4 Å². The average molecular weight is 320 g/mol. The summed E-state index contributed by atoms with van der Waals surface area (Å²) in [7, 11) is 0. The number of halogens is 1. The molecule has 0 saturated heterocycles. The highest BCUT2D eigenvalue weighted by Crippen LogP contribution is 2.26. The lowest BCUT2D eigenvalue weighted by Crippen LogP contribution is -2.14. The first-order valence-electron chi connectivity index (χ1n) is 8.11. The van der Waals surface area contributed by atoms with Crippen molar-refractivity contribution in [1.29, 1.82) is 0 Å². The maximum Gasteiger partial charge on any atom is 0.0568 e. The zero-order valence-electron chi connectivity index (χ0n) is 13.2. The SMILES string of the molecule is CC(N)c1ccc(-c2cnn(CC3CCCCC3)c2)cc1.Cl. The third-order valence-electron chi connectivity index (χ3n) is 4.57. The number of rotatable bonds is 4. The quantitative estimate of drug-likeness (QED) is 0.897. The number of nitrogens with two attached hydrogens (primary N) is 1. The van der Waals surface area contributed by atoms with Crippen molar-refractivity contribution in [3.63, 3.8) is 0 Å². The summed E-state index contributed by atoms with van der Waals surface area (Å²) >= 11 is 0. The Morgan fingerprint density at radius 1 is 1.14 bits per heavy atom. The molecule has 1 fully saturated rings. The summed E-state index contributed by atoms with van der Waals surface area (Å²) in [5.41, 5.74) is 9.48. The zero-order valence-corrected chi connectivity index (χ0v) is 14.1. The van der Waals surface area contributed by atoms with Crippen molar-refractivity contribution in [2.45, 2.75) is 51.6 Å². The molecule has 0 radical (unpaired) electrons. The molecule has 0 aliphatic heterocycles. The summed E-state index contributed by atoms with van der Waals surface area (Å²) < 4.78 is 2.12. The first kappa shape index (κ1) is 17.0. The Kier molecular flexibility index (Phi) is 6.04. The molecule has 1 saturated carbocycles. The van der Waals surface area contributed by atoms with Crippen LogP contribution in [0.3, 0.4) is 0 Å². The fraction of sp³-hybridized carbons (Fsp3) is 0.500. The Morgan fingerprint density at radius 3 is 2.45 bits per heavy atom. The van der Waals surface area contributed by atoms with E-state index in [1.807, 2.05) is 13.1 Å². The highest BCUT2D eigenvalue weighted by molar-refractivity contribution is 5.85. The lowest BCUT2D eigenvalue weighted by molar-refractivity contribution is 0.308. The summed E-state index contributed by atoms with van der Waals surface area (Å²) in [5.74, 6) is 0.812. The molecule has 1 atom stereocenters. The highest BCUT2D eigenvalue weighted by atomic mass is 35.5. The second-order valence-electron chi connectivity index (χ2n) is 6.37. The Hall–Kier alpha value is -1.32. The molecule has 1 aliphatic rings. The van der Waals surface area contributed by atoms with E-state index in [4.69, 9.17) is 5.73 Å². The molecule has 3 nitrogen and oxygen atoms in total. The number of hydrogen-bond donors (Lipinski definition) is 1. The number of aromatic nitrogens is 2. The number of hydrogen-bond acceptors (Lipinski definition) is 2. The van der Waals surface area contributed by atoms with Crippen molar-refractivity contribution in [3.05, 3.63) is 42.2 Å². The maximum absolute atomic E-state index is 5.89. The van der Waals surface area contributed by atoms with Gasteiger partial charge in [-0.1, -0.05) is 43.5 Å². The van der Waals surface area contributed by atoms with E-state index in [1.54, 1.807) is 0 Å². The standard InChI is InChI=1S/C18H25N3.ClH/c1-14(19)16-7-9-17(10-8-16)18-11-20-21(13-18)12-15-5-3-2-4-6-15;/h7-11,13-15H,2-6,12,19H2,1H3;1H. The molecule has 120 valence electrons. The second kappa shape index (κ2) is 7.80. The van der Waals surface area contributed by atoms with Crippen molar-refractivity contribution < 1.29 is 0 Å². The summed E-state index contributed by atoms with van der Waals surface area (Å²) in [4.78, 5) is 0. The molecule has 2 N–H and O–H groups in total. The summed E-state index contributed by atoms with van der Waals surface area (Å²) in [6.45, 7) is 3.08. The zero-order chi connectivity index (χ0) is 14.7. The minimum Gasteiger partial charge on any atom is -0.324 e. The molecular formula is C18H26ClN3. The molecule has 3 rings (SSSR count). The first-order chi connectivity index (χ1) is 10.2. The Labute approximate surface area is 139 Å².